The maximum atomic E-state index is 11.7. The molecule has 0 bridgehead atoms. The smallest absolute Gasteiger partial charge is 0.407 e. The molecule has 2 N–H and O–H groups in total. The minimum atomic E-state index is -1.05. The summed E-state index contributed by atoms with van der Waals surface area (Å²) in [5, 5.41) is 22.3. The molecule has 1 aliphatic heterocycles. The van der Waals surface area contributed by atoms with Gasteiger partial charge in [0.15, 0.2) is 5.82 Å². The van der Waals surface area contributed by atoms with Gasteiger partial charge in [0.1, 0.15) is 0 Å². The Morgan fingerprint density at radius 1 is 1.58 bits per heavy atom. The molecule has 1 aliphatic rings. The van der Waals surface area contributed by atoms with Crippen LogP contribution in [0, 0.1) is 5.92 Å². The summed E-state index contributed by atoms with van der Waals surface area (Å²) >= 11 is 0. The number of hydrogen-bond donors (Lipinski definition) is 2. The predicted octanol–water partition coefficient (Wildman–Crippen LogP) is 0.194. The number of carboxylic acid groups (broad SMARTS) is 1. The van der Waals surface area contributed by atoms with Crippen LogP contribution >= 0.6 is 0 Å². The molecule has 1 aromatic heterocycles. The third-order valence-corrected chi connectivity index (χ3v) is 3.15. The van der Waals surface area contributed by atoms with Crippen molar-refractivity contribution in [3.63, 3.8) is 0 Å². The first-order valence-electron chi connectivity index (χ1n) is 6.03. The Morgan fingerprint density at radius 2 is 2.37 bits per heavy atom. The number of ether oxygens (including phenoxy) is 1. The van der Waals surface area contributed by atoms with E-state index in [0.29, 0.717) is 25.3 Å². The van der Waals surface area contributed by atoms with Crippen molar-refractivity contribution < 1.29 is 19.4 Å². The highest BCUT2D eigenvalue weighted by Gasteiger charge is 2.38. The highest BCUT2D eigenvalue weighted by atomic mass is 16.5. The number of esters is 1. The van der Waals surface area contributed by atoms with Crippen LogP contribution in [0.5, 0.6) is 0 Å². The summed E-state index contributed by atoms with van der Waals surface area (Å²) < 4.78 is 4.98. The van der Waals surface area contributed by atoms with E-state index in [1.54, 1.807) is 6.92 Å². The number of piperidine rings is 1. The molecular formula is C10H15N5O4. The molecule has 0 aliphatic carbocycles. The van der Waals surface area contributed by atoms with Crippen molar-refractivity contribution in [3.05, 3.63) is 5.82 Å². The van der Waals surface area contributed by atoms with Gasteiger partial charge in [0.2, 0.25) is 0 Å². The van der Waals surface area contributed by atoms with E-state index >= 15 is 0 Å². The topological polar surface area (TPSA) is 121 Å². The fourth-order valence-corrected chi connectivity index (χ4v) is 2.24. The number of likely N-dealkylation sites (tertiary alicyclic amines) is 1. The number of hydrogen-bond acceptors (Lipinski definition) is 6. The van der Waals surface area contributed by atoms with E-state index in [1.165, 1.54) is 4.90 Å². The number of nitrogens with zero attached hydrogens (tertiary/aromatic N) is 4. The predicted molar refractivity (Wildman–Crippen MR) is 61.0 cm³/mol. The van der Waals surface area contributed by atoms with Gasteiger partial charge in [0, 0.05) is 6.54 Å². The molecule has 2 rings (SSSR count). The molecular weight excluding hydrogens is 254 g/mol. The summed E-state index contributed by atoms with van der Waals surface area (Å²) in [4.78, 5) is 24.2. The Labute approximate surface area is 108 Å². The van der Waals surface area contributed by atoms with Crippen molar-refractivity contribution in [2.24, 2.45) is 5.92 Å². The van der Waals surface area contributed by atoms with E-state index in [1.807, 2.05) is 0 Å². The number of aromatic amines is 1. The molecule has 0 aromatic carbocycles. The van der Waals surface area contributed by atoms with Gasteiger partial charge in [-0.3, -0.25) is 9.69 Å². The van der Waals surface area contributed by atoms with Crippen LogP contribution in [0.2, 0.25) is 0 Å². The first-order valence-corrected chi connectivity index (χ1v) is 6.03. The standard InChI is InChI=1S/C10H15N5O4/c1-2-19-9(16)6-3-4-15(10(17)18)7(5-6)8-11-13-14-12-8/h6-7H,2-5H2,1H3,(H,17,18)(H,11,12,13,14). The molecule has 2 unspecified atom stereocenters. The van der Waals surface area contributed by atoms with Gasteiger partial charge in [-0.05, 0) is 30.2 Å². The molecule has 9 heteroatoms. The van der Waals surface area contributed by atoms with Crippen molar-refractivity contribution in [1.29, 1.82) is 0 Å². The second-order valence-corrected chi connectivity index (χ2v) is 4.25. The number of tetrazole rings is 1. The van der Waals surface area contributed by atoms with Crippen LogP contribution in [0.3, 0.4) is 0 Å². The molecule has 9 nitrogen and oxygen atoms in total. The minimum Gasteiger partial charge on any atom is -0.466 e. The van der Waals surface area contributed by atoms with Crippen molar-refractivity contribution in [3.8, 4) is 0 Å². The van der Waals surface area contributed by atoms with Crippen molar-refractivity contribution in [2.45, 2.75) is 25.8 Å². The Balaban J connectivity index is 2.14. The average molecular weight is 269 g/mol. The average Bonchev–Trinajstić information content (AvgIpc) is 2.92. The molecule has 104 valence electrons. The summed E-state index contributed by atoms with van der Waals surface area (Å²) in [7, 11) is 0. The minimum absolute atomic E-state index is 0.254. The number of amides is 1. The van der Waals surface area contributed by atoms with Crippen LogP contribution in [0.25, 0.3) is 0 Å². The van der Waals surface area contributed by atoms with Crippen LogP contribution in [0.15, 0.2) is 0 Å². The van der Waals surface area contributed by atoms with Gasteiger partial charge in [-0.15, -0.1) is 5.10 Å². The van der Waals surface area contributed by atoms with Crippen LogP contribution < -0.4 is 0 Å². The van der Waals surface area contributed by atoms with Gasteiger partial charge >= 0.3 is 12.1 Å². The molecule has 2 heterocycles. The fourth-order valence-electron chi connectivity index (χ4n) is 2.24. The molecule has 1 amide bonds. The summed E-state index contributed by atoms with van der Waals surface area (Å²) in [6.07, 6.45) is -0.283. The highest BCUT2D eigenvalue weighted by molar-refractivity contribution is 5.73. The third-order valence-electron chi connectivity index (χ3n) is 3.15. The van der Waals surface area contributed by atoms with E-state index < -0.39 is 12.1 Å². The van der Waals surface area contributed by atoms with Crippen molar-refractivity contribution in [1.82, 2.24) is 25.5 Å². The maximum Gasteiger partial charge on any atom is 0.407 e. The Hall–Kier alpha value is -2.19. The highest BCUT2D eigenvalue weighted by Crippen LogP contribution is 2.32. The van der Waals surface area contributed by atoms with E-state index in [4.69, 9.17) is 9.84 Å². The number of aromatic nitrogens is 4. The van der Waals surface area contributed by atoms with E-state index in [0.717, 1.165) is 0 Å². The molecule has 0 spiro atoms. The lowest BCUT2D eigenvalue weighted by Gasteiger charge is -2.35. The molecule has 0 saturated carbocycles. The Bertz CT molecular complexity index is 449. The first-order chi connectivity index (χ1) is 9.13. The first kappa shape index (κ1) is 13.2. The van der Waals surface area contributed by atoms with Crippen LogP contribution in [-0.2, 0) is 9.53 Å². The monoisotopic (exact) mass is 269 g/mol. The number of nitrogens with one attached hydrogen (secondary N) is 1. The zero-order valence-electron chi connectivity index (χ0n) is 10.4. The lowest BCUT2D eigenvalue weighted by atomic mass is 9.90. The molecule has 1 saturated heterocycles. The van der Waals surface area contributed by atoms with Gasteiger partial charge in [-0.25, -0.2) is 9.89 Å². The Kier molecular flexibility index (Phi) is 3.93. The van der Waals surface area contributed by atoms with Gasteiger partial charge in [-0.2, -0.15) is 0 Å². The number of rotatable bonds is 3. The van der Waals surface area contributed by atoms with Crippen LogP contribution in [0.1, 0.15) is 31.6 Å². The second kappa shape index (κ2) is 5.63. The van der Waals surface area contributed by atoms with Gasteiger partial charge < -0.3 is 9.84 Å². The Morgan fingerprint density at radius 3 is 2.95 bits per heavy atom. The zero-order valence-corrected chi connectivity index (χ0v) is 10.4. The summed E-state index contributed by atoms with van der Waals surface area (Å²) in [6, 6.07) is -0.546. The fraction of sp³-hybridized carbons (Fsp3) is 0.700. The zero-order chi connectivity index (χ0) is 13.8. The van der Waals surface area contributed by atoms with Gasteiger partial charge in [0.05, 0.1) is 18.6 Å². The molecule has 0 radical (unpaired) electrons. The van der Waals surface area contributed by atoms with Gasteiger partial charge in [0.25, 0.3) is 0 Å². The number of carbonyl (C=O) groups excluding carboxylic acids is 1. The lowest BCUT2D eigenvalue weighted by molar-refractivity contribution is -0.150. The number of carbonyl (C=O) groups is 2. The normalized spacial score (nSPS) is 23.1. The van der Waals surface area contributed by atoms with Crippen molar-refractivity contribution in [2.75, 3.05) is 13.2 Å². The van der Waals surface area contributed by atoms with E-state index in [9.17, 15) is 9.59 Å². The maximum absolute atomic E-state index is 11.7. The second-order valence-electron chi connectivity index (χ2n) is 4.25. The number of H-pyrrole nitrogens is 1. The molecule has 19 heavy (non-hydrogen) atoms. The lowest BCUT2D eigenvalue weighted by Crippen LogP contribution is -2.42. The SMILES string of the molecule is CCOC(=O)C1CCN(C(=O)O)C(c2nnn[nH]2)C1. The summed E-state index contributed by atoms with van der Waals surface area (Å²) in [6.45, 7) is 2.30. The molecule has 2 atom stereocenters. The summed E-state index contributed by atoms with van der Waals surface area (Å²) in [5.41, 5.74) is 0. The van der Waals surface area contributed by atoms with Crippen LogP contribution in [-0.4, -0.2) is 55.8 Å². The quantitative estimate of drug-likeness (QED) is 0.751. The summed E-state index contributed by atoms with van der Waals surface area (Å²) in [5.74, 6) is -0.285. The van der Waals surface area contributed by atoms with E-state index in [2.05, 4.69) is 20.6 Å². The van der Waals surface area contributed by atoms with Crippen molar-refractivity contribution >= 4 is 12.1 Å². The van der Waals surface area contributed by atoms with E-state index in [-0.39, 0.29) is 18.4 Å². The molecule has 1 aromatic rings. The third kappa shape index (κ3) is 2.80. The van der Waals surface area contributed by atoms with Gasteiger partial charge in [-0.1, -0.05) is 0 Å². The molecule has 1 fully saturated rings. The van der Waals surface area contributed by atoms with Crippen LogP contribution in [0.4, 0.5) is 4.79 Å². The largest absolute Gasteiger partial charge is 0.466 e.